The molecule has 5 nitrogen and oxygen atoms in total. The summed E-state index contributed by atoms with van der Waals surface area (Å²) in [6.45, 7) is 0.787. The zero-order chi connectivity index (χ0) is 15.8. The molecule has 0 bridgehead atoms. The number of rotatable bonds is 6. The summed E-state index contributed by atoms with van der Waals surface area (Å²) < 4.78 is 5.52. The number of carbonyl (C=O) groups is 1. The van der Waals surface area contributed by atoms with E-state index >= 15 is 0 Å². The molecule has 114 valence electrons. The number of anilines is 1. The van der Waals surface area contributed by atoms with E-state index in [2.05, 4.69) is 10.6 Å². The predicted molar refractivity (Wildman–Crippen MR) is 91.1 cm³/mol. The maximum absolute atomic E-state index is 12.2. The monoisotopic (exact) mass is 315 g/mol. The third kappa shape index (κ3) is 4.75. The first kappa shape index (κ1) is 15.8. The van der Waals surface area contributed by atoms with Crippen LogP contribution in [0.15, 0.2) is 54.6 Å². The fraction of sp³-hybridized carbons (Fsp3) is 0.125. The molecule has 2 aromatic rings. The molecule has 1 amide bonds. The van der Waals surface area contributed by atoms with Crippen molar-refractivity contribution in [3.63, 3.8) is 0 Å². The first-order valence-electron chi connectivity index (χ1n) is 6.78. The van der Waals surface area contributed by atoms with Gasteiger partial charge in [-0.2, -0.15) is 0 Å². The summed E-state index contributed by atoms with van der Waals surface area (Å²) in [5.41, 5.74) is 6.51. The minimum absolute atomic E-state index is 0.118. The van der Waals surface area contributed by atoms with Gasteiger partial charge >= 0.3 is 0 Å². The zero-order valence-corrected chi connectivity index (χ0v) is 12.7. The number of hydrogen-bond donors (Lipinski definition) is 3. The SMILES string of the molecule is NC(=S)Nc1ccccc1C(=O)NCCOc1ccccc1. The highest BCUT2D eigenvalue weighted by atomic mass is 32.1. The molecule has 0 aliphatic carbocycles. The van der Waals surface area contributed by atoms with Gasteiger partial charge in [-0.25, -0.2) is 0 Å². The highest BCUT2D eigenvalue weighted by molar-refractivity contribution is 7.80. The van der Waals surface area contributed by atoms with Crippen molar-refractivity contribution in [2.45, 2.75) is 0 Å². The second kappa shape index (κ2) is 7.99. The largest absolute Gasteiger partial charge is 0.492 e. The average molecular weight is 315 g/mol. The van der Waals surface area contributed by atoms with Crippen molar-refractivity contribution in [2.24, 2.45) is 5.73 Å². The standard InChI is InChI=1S/C16H17N3O2S/c17-16(22)19-14-9-5-4-8-13(14)15(20)18-10-11-21-12-6-2-1-3-7-12/h1-9H,10-11H2,(H,18,20)(H3,17,19,22). The molecular formula is C16H17N3O2S. The maximum atomic E-state index is 12.2. The third-order valence-electron chi connectivity index (χ3n) is 2.83. The molecule has 2 aromatic carbocycles. The predicted octanol–water partition coefficient (Wildman–Crippen LogP) is 2.15. The van der Waals surface area contributed by atoms with Crippen LogP contribution >= 0.6 is 12.2 Å². The van der Waals surface area contributed by atoms with Crippen molar-refractivity contribution in [2.75, 3.05) is 18.5 Å². The summed E-state index contributed by atoms with van der Waals surface area (Å²) in [7, 11) is 0. The van der Waals surface area contributed by atoms with Gasteiger partial charge in [0, 0.05) is 0 Å². The van der Waals surface area contributed by atoms with E-state index in [1.807, 2.05) is 30.3 Å². The zero-order valence-electron chi connectivity index (χ0n) is 11.9. The van der Waals surface area contributed by atoms with Crippen LogP contribution in [0.1, 0.15) is 10.4 Å². The van der Waals surface area contributed by atoms with Crippen LogP contribution < -0.4 is 21.1 Å². The van der Waals surface area contributed by atoms with Crippen LogP contribution in [0.25, 0.3) is 0 Å². The maximum Gasteiger partial charge on any atom is 0.253 e. The summed E-state index contributed by atoms with van der Waals surface area (Å²) in [6, 6.07) is 16.5. The lowest BCUT2D eigenvalue weighted by Gasteiger charge is -2.11. The number of benzene rings is 2. The van der Waals surface area contributed by atoms with Crippen molar-refractivity contribution >= 4 is 28.9 Å². The Labute approximate surface area is 134 Å². The summed E-state index contributed by atoms with van der Waals surface area (Å²) in [5, 5.41) is 5.70. The Morgan fingerprint density at radius 1 is 1.09 bits per heavy atom. The highest BCUT2D eigenvalue weighted by Gasteiger charge is 2.10. The molecule has 0 aliphatic heterocycles. The first-order chi connectivity index (χ1) is 10.7. The van der Waals surface area contributed by atoms with Crippen molar-refractivity contribution in [1.82, 2.24) is 5.32 Å². The molecule has 0 fully saturated rings. The number of nitrogens with two attached hydrogens (primary N) is 1. The number of amides is 1. The Balaban J connectivity index is 1.86. The Morgan fingerprint density at radius 2 is 1.77 bits per heavy atom. The Hall–Kier alpha value is -2.60. The second-order valence-electron chi connectivity index (χ2n) is 4.45. The van der Waals surface area contributed by atoms with E-state index in [0.717, 1.165) is 5.75 Å². The molecule has 0 spiro atoms. The molecule has 0 aromatic heterocycles. The lowest BCUT2D eigenvalue weighted by atomic mass is 10.1. The van der Waals surface area contributed by atoms with Gasteiger partial charge in [0.2, 0.25) is 0 Å². The minimum Gasteiger partial charge on any atom is -0.492 e. The highest BCUT2D eigenvalue weighted by Crippen LogP contribution is 2.14. The van der Waals surface area contributed by atoms with Crippen LogP contribution in [0.2, 0.25) is 0 Å². The summed E-state index contributed by atoms with van der Waals surface area (Å²) >= 11 is 4.80. The summed E-state index contributed by atoms with van der Waals surface area (Å²) in [4.78, 5) is 12.2. The van der Waals surface area contributed by atoms with Gasteiger partial charge in [-0.1, -0.05) is 30.3 Å². The van der Waals surface area contributed by atoms with Gasteiger partial charge in [0.25, 0.3) is 5.91 Å². The van der Waals surface area contributed by atoms with E-state index in [1.54, 1.807) is 24.3 Å². The van der Waals surface area contributed by atoms with Gasteiger partial charge in [0.05, 0.1) is 17.8 Å². The van der Waals surface area contributed by atoms with Gasteiger partial charge in [-0.15, -0.1) is 0 Å². The molecule has 0 radical (unpaired) electrons. The van der Waals surface area contributed by atoms with Gasteiger partial charge in [-0.05, 0) is 36.5 Å². The lowest BCUT2D eigenvalue weighted by Crippen LogP contribution is -2.29. The second-order valence-corrected chi connectivity index (χ2v) is 4.89. The van der Waals surface area contributed by atoms with E-state index in [0.29, 0.717) is 24.4 Å². The Kier molecular flexibility index (Phi) is 5.73. The van der Waals surface area contributed by atoms with Crippen molar-refractivity contribution < 1.29 is 9.53 Å². The van der Waals surface area contributed by atoms with Crippen molar-refractivity contribution in [3.8, 4) is 5.75 Å². The van der Waals surface area contributed by atoms with E-state index in [9.17, 15) is 4.79 Å². The van der Waals surface area contributed by atoms with Crippen LogP contribution in [0.5, 0.6) is 5.75 Å². The topological polar surface area (TPSA) is 76.4 Å². The first-order valence-corrected chi connectivity index (χ1v) is 7.19. The normalized spacial score (nSPS) is 9.82. The molecule has 22 heavy (non-hydrogen) atoms. The van der Waals surface area contributed by atoms with Crippen molar-refractivity contribution in [3.05, 3.63) is 60.2 Å². The van der Waals surface area contributed by atoms with Crippen LogP contribution in [0, 0.1) is 0 Å². The number of para-hydroxylation sites is 2. The summed E-state index contributed by atoms with van der Waals surface area (Å²) in [5.74, 6) is 0.559. The smallest absolute Gasteiger partial charge is 0.253 e. The number of nitrogens with one attached hydrogen (secondary N) is 2. The van der Waals surface area contributed by atoms with Crippen LogP contribution in [-0.2, 0) is 0 Å². The average Bonchev–Trinajstić information content (AvgIpc) is 2.52. The van der Waals surface area contributed by atoms with Crippen LogP contribution in [0.3, 0.4) is 0 Å². The molecule has 0 saturated carbocycles. The Bertz CT molecular complexity index is 647. The molecule has 0 atom stereocenters. The van der Waals surface area contributed by atoms with E-state index < -0.39 is 0 Å². The van der Waals surface area contributed by atoms with Gasteiger partial charge < -0.3 is 21.1 Å². The lowest BCUT2D eigenvalue weighted by molar-refractivity contribution is 0.0948. The third-order valence-corrected chi connectivity index (χ3v) is 2.93. The Morgan fingerprint density at radius 3 is 2.50 bits per heavy atom. The summed E-state index contributed by atoms with van der Waals surface area (Å²) in [6.07, 6.45) is 0. The number of thiocarbonyl (C=S) groups is 1. The van der Waals surface area contributed by atoms with Crippen molar-refractivity contribution in [1.29, 1.82) is 0 Å². The van der Waals surface area contributed by atoms with E-state index in [1.165, 1.54) is 0 Å². The molecule has 6 heteroatoms. The number of carbonyl (C=O) groups excluding carboxylic acids is 1. The molecule has 2 rings (SSSR count). The fourth-order valence-corrected chi connectivity index (χ4v) is 1.98. The van der Waals surface area contributed by atoms with E-state index in [-0.39, 0.29) is 11.0 Å². The quantitative estimate of drug-likeness (QED) is 0.562. The molecular weight excluding hydrogens is 298 g/mol. The van der Waals surface area contributed by atoms with E-state index in [4.69, 9.17) is 22.7 Å². The minimum atomic E-state index is -0.212. The molecule has 0 unspecified atom stereocenters. The van der Waals surface area contributed by atoms with Gasteiger partial charge in [0.1, 0.15) is 12.4 Å². The molecule has 0 aliphatic rings. The molecule has 0 heterocycles. The number of hydrogen-bond acceptors (Lipinski definition) is 3. The number of ether oxygens (including phenoxy) is 1. The molecule has 4 N–H and O–H groups in total. The van der Waals surface area contributed by atoms with Crippen LogP contribution in [0.4, 0.5) is 5.69 Å². The fourth-order valence-electron chi connectivity index (χ4n) is 1.87. The van der Waals surface area contributed by atoms with Crippen LogP contribution in [-0.4, -0.2) is 24.2 Å². The van der Waals surface area contributed by atoms with Gasteiger partial charge in [-0.3, -0.25) is 4.79 Å². The molecule has 0 saturated heterocycles. The van der Waals surface area contributed by atoms with Gasteiger partial charge in [0.15, 0.2) is 5.11 Å².